The van der Waals surface area contributed by atoms with E-state index in [1.54, 1.807) is 0 Å². The minimum atomic E-state index is -0.202. The molecule has 0 spiro atoms. The van der Waals surface area contributed by atoms with Crippen LogP contribution in [0.3, 0.4) is 0 Å². The Morgan fingerprint density at radius 1 is 0.846 bits per heavy atom. The van der Waals surface area contributed by atoms with Gasteiger partial charge in [0.2, 0.25) is 11.8 Å². The van der Waals surface area contributed by atoms with E-state index in [-0.39, 0.29) is 30.8 Å². The predicted octanol–water partition coefficient (Wildman–Crippen LogP) is 3.38. The molecule has 0 saturated carbocycles. The van der Waals surface area contributed by atoms with Gasteiger partial charge in [0.25, 0.3) is 0 Å². The summed E-state index contributed by atoms with van der Waals surface area (Å²) in [5, 5.41) is 7.90. The summed E-state index contributed by atoms with van der Waals surface area (Å²) in [5.41, 5.74) is 1.96. The summed E-state index contributed by atoms with van der Waals surface area (Å²) >= 11 is 0. The Morgan fingerprint density at radius 2 is 1.54 bits per heavy atom. The summed E-state index contributed by atoms with van der Waals surface area (Å²) < 4.78 is 0. The van der Waals surface area contributed by atoms with Crippen molar-refractivity contribution in [1.82, 2.24) is 10.6 Å². The molecule has 0 aromatic heterocycles. The molecule has 0 saturated heterocycles. The molecule has 0 heterocycles. The maximum Gasteiger partial charge on any atom is 0.239 e. The zero-order valence-corrected chi connectivity index (χ0v) is 14.7. The molecule has 3 aromatic rings. The van der Waals surface area contributed by atoms with Gasteiger partial charge in [0, 0.05) is 0 Å². The second-order valence-electron chi connectivity index (χ2n) is 6.33. The third-order valence-electron chi connectivity index (χ3n) is 4.30. The Balaban J connectivity index is 1.51. The van der Waals surface area contributed by atoms with Gasteiger partial charge >= 0.3 is 0 Å². The van der Waals surface area contributed by atoms with Gasteiger partial charge in [0.1, 0.15) is 0 Å². The highest BCUT2D eigenvalue weighted by Gasteiger charge is 2.11. The van der Waals surface area contributed by atoms with Crippen LogP contribution in [0.1, 0.15) is 24.1 Å². The molecule has 132 valence electrons. The number of hydrogen-bond acceptors (Lipinski definition) is 2. The lowest BCUT2D eigenvalue weighted by Crippen LogP contribution is -2.38. The molecule has 3 rings (SSSR count). The van der Waals surface area contributed by atoms with Crippen LogP contribution in [0.5, 0.6) is 0 Å². The van der Waals surface area contributed by atoms with Crippen LogP contribution in [0.4, 0.5) is 0 Å². The molecule has 0 aliphatic rings. The molecule has 1 atom stereocenters. The predicted molar refractivity (Wildman–Crippen MR) is 104 cm³/mol. The standard InChI is InChI=1S/C22H22N2O2/c1-16(19-12-11-18-9-5-6-10-20(18)14-19)24-22(26)15-23-21(25)13-17-7-3-2-4-8-17/h2-12,14,16H,13,15H2,1H3,(H,23,25)(H,24,26). The van der Waals surface area contributed by atoms with Crippen molar-refractivity contribution in [2.75, 3.05) is 6.54 Å². The van der Waals surface area contributed by atoms with Crippen LogP contribution in [0.15, 0.2) is 72.8 Å². The lowest BCUT2D eigenvalue weighted by atomic mass is 10.0. The highest BCUT2D eigenvalue weighted by atomic mass is 16.2. The maximum absolute atomic E-state index is 12.1. The molecular weight excluding hydrogens is 324 g/mol. The first-order valence-electron chi connectivity index (χ1n) is 8.70. The zero-order chi connectivity index (χ0) is 18.4. The molecule has 4 heteroatoms. The zero-order valence-electron chi connectivity index (χ0n) is 14.7. The summed E-state index contributed by atoms with van der Waals surface area (Å²) in [6.07, 6.45) is 0.272. The van der Waals surface area contributed by atoms with Crippen LogP contribution < -0.4 is 10.6 Å². The summed E-state index contributed by atoms with van der Waals surface area (Å²) in [7, 11) is 0. The number of benzene rings is 3. The largest absolute Gasteiger partial charge is 0.348 e. The first-order valence-corrected chi connectivity index (χ1v) is 8.70. The minimum absolute atomic E-state index is 0.0242. The number of nitrogens with one attached hydrogen (secondary N) is 2. The number of carbonyl (C=O) groups excluding carboxylic acids is 2. The molecule has 0 aliphatic carbocycles. The van der Waals surface area contributed by atoms with Gasteiger partial charge in [0.05, 0.1) is 19.0 Å². The SMILES string of the molecule is CC(NC(=O)CNC(=O)Cc1ccccc1)c1ccc2ccccc2c1. The average Bonchev–Trinajstić information content (AvgIpc) is 2.67. The van der Waals surface area contributed by atoms with E-state index in [1.807, 2.05) is 55.5 Å². The summed E-state index contributed by atoms with van der Waals surface area (Å²) in [4.78, 5) is 24.0. The Hall–Kier alpha value is -3.14. The van der Waals surface area contributed by atoms with Gasteiger partial charge in [-0.05, 0) is 34.9 Å². The quantitative estimate of drug-likeness (QED) is 0.719. The van der Waals surface area contributed by atoms with Crippen molar-refractivity contribution in [2.45, 2.75) is 19.4 Å². The van der Waals surface area contributed by atoms with Crippen molar-refractivity contribution in [2.24, 2.45) is 0 Å². The van der Waals surface area contributed by atoms with Gasteiger partial charge in [-0.2, -0.15) is 0 Å². The fourth-order valence-corrected chi connectivity index (χ4v) is 2.88. The third-order valence-corrected chi connectivity index (χ3v) is 4.30. The van der Waals surface area contributed by atoms with Crippen LogP contribution >= 0.6 is 0 Å². The van der Waals surface area contributed by atoms with E-state index in [1.165, 1.54) is 5.39 Å². The first-order chi connectivity index (χ1) is 12.6. The topological polar surface area (TPSA) is 58.2 Å². The number of carbonyl (C=O) groups is 2. The van der Waals surface area contributed by atoms with E-state index in [4.69, 9.17) is 0 Å². The Labute approximate surface area is 153 Å². The number of amides is 2. The molecular formula is C22H22N2O2. The molecule has 3 aromatic carbocycles. The average molecular weight is 346 g/mol. The molecule has 4 nitrogen and oxygen atoms in total. The molecule has 26 heavy (non-hydrogen) atoms. The molecule has 2 amide bonds. The Morgan fingerprint density at radius 3 is 2.31 bits per heavy atom. The van der Waals surface area contributed by atoms with Crippen LogP contribution in [0.25, 0.3) is 10.8 Å². The Bertz CT molecular complexity index is 906. The van der Waals surface area contributed by atoms with E-state index in [9.17, 15) is 9.59 Å². The normalized spacial score (nSPS) is 11.7. The van der Waals surface area contributed by atoms with E-state index in [0.717, 1.165) is 16.5 Å². The summed E-state index contributed by atoms with van der Waals surface area (Å²) in [6, 6.07) is 23.6. The third kappa shape index (κ3) is 4.70. The summed E-state index contributed by atoms with van der Waals surface area (Å²) in [5.74, 6) is -0.364. The van der Waals surface area contributed by atoms with Crippen molar-refractivity contribution in [3.05, 3.63) is 83.9 Å². The van der Waals surface area contributed by atoms with Crippen molar-refractivity contribution < 1.29 is 9.59 Å². The van der Waals surface area contributed by atoms with E-state index >= 15 is 0 Å². The fourth-order valence-electron chi connectivity index (χ4n) is 2.88. The van der Waals surface area contributed by atoms with Crippen molar-refractivity contribution in [1.29, 1.82) is 0 Å². The van der Waals surface area contributed by atoms with Crippen LogP contribution in [0.2, 0.25) is 0 Å². The second kappa shape index (κ2) is 8.30. The first kappa shape index (κ1) is 17.7. The Kier molecular flexibility index (Phi) is 5.64. The van der Waals surface area contributed by atoms with Gasteiger partial charge in [0.15, 0.2) is 0 Å². The highest BCUT2D eigenvalue weighted by molar-refractivity contribution is 5.86. The van der Waals surface area contributed by atoms with Crippen LogP contribution in [0, 0.1) is 0 Å². The van der Waals surface area contributed by atoms with E-state index < -0.39 is 0 Å². The minimum Gasteiger partial charge on any atom is -0.348 e. The van der Waals surface area contributed by atoms with Gasteiger partial charge < -0.3 is 10.6 Å². The highest BCUT2D eigenvalue weighted by Crippen LogP contribution is 2.20. The van der Waals surface area contributed by atoms with Crippen molar-refractivity contribution in [3.8, 4) is 0 Å². The van der Waals surface area contributed by atoms with Crippen LogP contribution in [-0.2, 0) is 16.0 Å². The number of hydrogen-bond donors (Lipinski definition) is 2. The molecule has 0 fully saturated rings. The monoisotopic (exact) mass is 346 g/mol. The molecule has 1 unspecified atom stereocenters. The molecule has 2 N–H and O–H groups in total. The lowest BCUT2D eigenvalue weighted by molar-refractivity contribution is -0.126. The van der Waals surface area contributed by atoms with Gasteiger partial charge in [-0.25, -0.2) is 0 Å². The van der Waals surface area contributed by atoms with Crippen molar-refractivity contribution >= 4 is 22.6 Å². The maximum atomic E-state index is 12.1. The van der Waals surface area contributed by atoms with Crippen LogP contribution in [-0.4, -0.2) is 18.4 Å². The van der Waals surface area contributed by atoms with Gasteiger partial charge in [-0.15, -0.1) is 0 Å². The van der Waals surface area contributed by atoms with Crippen molar-refractivity contribution in [3.63, 3.8) is 0 Å². The lowest BCUT2D eigenvalue weighted by Gasteiger charge is -2.15. The second-order valence-corrected chi connectivity index (χ2v) is 6.33. The fraction of sp³-hybridized carbons (Fsp3) is 0.182. The number of rotatable bonds is 6. The molecule has 0 radical (unpaired) electrons. The number of fused-ring (bicyclic) bond motifs is 1. The smallest absolute Gasteiger partial charge is 0.239 e. The van der Waals surface area contributed by atoms with Gasteiger partial charge in [-0.3, -0.25) is 9.59 Å². The summed E-state index contributed by atoms with van der Waals surface area (Å²) in [6.45, 7) is 1.91. The molecule has 0 aliphatic heterocycles. The van der Waals surface area contributed by atoms with E-state index in [2.05, 4.69) is 34.9 Å². The molecule has 0 bridgehead atoms. The van der Waals surface area contributed by atoms with E-state index in [0.29, 0.717) is 0 Å². The van der Waals surface area contributed by atoms with Gasteiger partial charge in [-0.1, -0.05) is 66.7 Å².